The largest absolute Gasteiger partial charge is 0.302 e. The first kappa shape index (κ1) is 14.8. The van der Waals surface area contributed by atoms with E-state index < -0.39 is 0 Å². The maximum absolute atomic E-state index is 12.0. The molecular weight excluding hydrogens is 248 g/mol. The Morgan fingerprint density at radius 1 is 1.44 bits per heavy atom. The molecule has 0 atom stereocenters. The van der Waals surface area contributed by atoms with Crippen molar-refractivity contribution >= 4 is 23.5 Å². The number of hydrogen-bond acceptors (Lipinski definition) is 4. The number of rotatable bonds is 4. The number of Topliss-reactive ketones (excluding diaryl/α,β-unsaturated/α-hetero) is 1. The van der Waals surface area contributed by atoms with Gasteiger partial charge in [-0.1, -0.05) is 25.6 Å². The number of carbonyl (C=O) groups is 2. The fraction of sp³-hybridized carbons (Fsp3) is 0.615. The van der Waals surface area contributed by atoms with E-state index >= 15 is 0 Å². The van der Waals surface area contributed by atoms with Gasteiger partial charge in [-0.2, -0.15) is 5.26 Å². The number of carbonyl (C=O) groups excluding carboxylic acids is 2. The lowest BCUT2D eigenvalue weighted by Gasteiger charge is -2.22. The Morgan fingerprint density at radius 2 is 2.06 bits per heavy atom. The van der Waals surface area contributed by atoms with E-state index in [0.29, 0.717) is 17.2 Å². The van der Waals surface area contributed by atoms with Crippen LogP contribution in [0, 0.1) is 17.2 Å². The zero-order chi connectivity index (χ0) is 13.9. The first-order valence-corrected chi connectivity index (χ1v) is 6.99. The van der Waals surface area contributed by atoms with Gasteiger partial charge in [0.15, 0.2) is 5.78 Å². The van der Waals surface area contributed by atoms with Gasteiger partial charge in [0, 0.05) is 12.5 Å². The summed E-state index contributed by atoms with van der Waals surface area (Å²) in [5.41, 5.74) is 0.133. The number of hydrogen-bond donors (Lipinski definition) is 0. The van der Waals surface area contributed by atoms with E-state index in [1.165, 1.54) is 11.8 Å². The molecule has 1 amide bonds. The van der Waals surface area contributed by atoms with Crippen molar-refractivity contribution < 1.29 is 9.59 Å². The molecule has 18 heavy (non-hydrogen) atoms. The molecule has 0 radical (unpaired) electrons. The number of ketones is 1. The molecule has 1 aliphatic rings. The highest BCUT2D eigenvalue weighted by molar-refractivity contribution is 8.04. The van der Waals surface area contributed by atoms with Crippen LogP contribution >= 0.6 is 11.8 Å². The Morgan fingerprint density at radius 3 is 2.50 bits per heavy atom. The topological polar surface area (TPSA) is 61.2 Å². The number of nitrogens with zero attached hydrogens (tertiary/aromatic N) is 2. The molecule has 4 nitrogen and oxygen atoms in total. The number of amides is 1. The third-order valence-corrected chi connectivity index (χ3v) is 3.60. The maximum Gasteiger partial charge on any atom is 0.238 e. The van der Waals surface area contributed by atoms with Gasteiger partial charge in [-0.05, 0) is 19.8 Å². The van der Waals surface area contributed by atoms with Crippen LogP contribution in [0.5, 0.6) is 0 Å². The first-order valence-electron chi connectivity index (χ1n) is 6.00. The molecule has 1 aliphatic heterocycles. The zero-order valence-electron chi connectivity index (χ0n) is 11.2. The van der Waals surface area contributed by atoms with E-state index in [-0.39, 0.29) is 29.2 Å². The highest BCUT2D eigenvalue weighted by atomic mass is 32.2. The van der Waals surface area contributed by atoms with E-state index in [9.17, 15) is 14.9 Å². The Hall–Kier alpha value is -1.28. The van der Waals surface area contributed by atoms with Gasteiger partial charge in [0.2, 0.25) is 5.91 Å². The van der Waals surface area contributed by atoms with Gasteiger partial charge in [-0.15, -0.1) is 0 Å². The van der Waals surface area contributed by atoms with Crippen LogP contribution in [0.3, 0.4) is 0 Å². The van der Waals surface area contributed by atoms with Crippen molar-refractivity contribution in [3.05, 3.63) is 10.6 Å². The minimum Gasteiger partial charge on any atom is -0.302 e. The highest BCUT2D eigenvalue weighted by Gasteiger charge is 2.33. The zero-order valence-corrected chi connectivity index (χ0v) is 12.0. The van der Waals surface area contributed by atoms with Crippen molar-refractivity contribution in [3.8, 4) is 6.07 Å². The second kappa shape index (κ2) is 6.05. The first-order chi connectivity index (χ1) is 8.38. The lowest BCUT2D eigenvalue weighted by Crippen LogP contribution is -2.32. The molecular formula is C13H18N2O2S. The van der Waals surface area contributed by atoms with E-state index in [0.717, 1.165) is 0 Å². The summed E-state index contributed by atoms with van der Waals surface area (Å²) in [4.78, 5) is 25.3. The summed E-state index contributed by atoms with van der Waals surface area (Å²) < 4.78 is 0. The monoisotopic (exact) mass is 266 g/mol. The summed E-state index contributed by atoms with van der Waals surface area (Å²) in [5, 5.41) is 9.71. The minimum atomic E-state index is -0.171. The maximum atomic E-state index is 12.0. The van der Waals surface area contributed by atoms with Crippen LogP contribution in [0.1, 0.15) is 34.1 Å². The van der Waals surface area contributed by atoms with Gasteiger partial charge in [0.1, 0.15) is 11.6 Å². The normalized spacial score (nSPS) is 18.5. The van der Waals surface area contributed by atoms with Crippen LogP contribution in [0.2, 0.25) is 0 Å². The van der Waals surface area contributed by atoms with Crippen LogP contribution in [-0.2, 0) is 9.59 Å². The molecule has 1 rings (SSSR count). The smallest absolute Gasteiger partial charge is 0.238 e. The predicted molar refractivity (Wildman–Crippen MR) is 71.5 cm³/mol. The average Bonchev–Trinajstić information content (AvgIpc) is 2.60. The summed E-state index contributed by atoms with van der Waals surface area (Å²) in [5.74, 6) is 0.315. The van der Waals surface area contributed by atoms with Crippen molar-refractivity contribution in [2.75, 3.05) is 5.75 Å². The quantitative estimate of drug-likeness (QED) is 0.578. The fourth-order valence-electron chi connectivity index (χ4n) is 1.80. The van der Waals surface area contributed by atoms with Gasteiger partial charge in [-0.25, -0.2) is 0 Å². The molecule has 5 heteroatoms. The van der Waals surface area contributed by atoms with Crippen molar-refractivity contribution in [3.63, 3.8) is 0 Å². The Balaban J connectivity index is 3.11. The summed E-state index contributed by atoms with van der Waals surface area (Å²) in [7, 11) is 0. The molecule has 1 heterocycles. The van der Waals surface area contributed by atoms with Gasteiger partial charge < -0.3 is 4.90 Å². The Labute approximate surface area is 112 Å². The van der Waals surface area contributed by atoms with Crippen LogP contribution in [0.25, 0.3) is 0 Å². The SMILES string of the molecule is CC(C)CC(=O)/C(C#N)=C1\SCC(=O)N1C(C)C. The number of thioether (sulfide) groups is 1. The minimum absolute atomic E-state index is 0.0299. The molecule has 0 aliphatic carbocycles. The molecule has 1 saturated heterocycles. The number of allylic oxidation sites excluding steroid dienone is 1. The third kappa shape index (κ3) is 3.14. The van der Waals surface area contributed by atoms with E-state index in [4.69, 9.17) is 0 Å². The molecule has 98 valence electrons. The van der Waals surface area contributed by atoms with Crippen LogP contribution < -0.4 is 0 Å². The van der Waals surface area contributed by atoms with Gasteiger partial charge in [0.05, 0.1) is 10.8 Å². The summed E-state index contributed by atoms with van der Waals surface area (Å²) in [6, 6.07) is 1.94. The molecule has 0 N–H and O–H groups in total. The molecule has 0 spiro atoms. The molecule has 0 aromatic carbocycles. The Kier molecular flexibility index (Phi) is 4.97. The van der Waals surface area contributed by atoms with Crippen LogP contribution in [0.15, 0.2) is 10.6 Å². The van der Waals surface area contributed by atoms with Gasteiger partial charge >= 0.3 is 0 Å². The summed E-state index contributed by atoms with van der Waals surface area (Å²) in [6.45, 7) is 7.63. The van der Waals surface area contributed by atoms with Crippen molar-refractivity contribution in [2.45, 2.75) is 40.2 Å². The average molecular weight is 266 g/mol. The molecule has 0 aromatic rings. The van der Waals surface area contributed by atoms with Gasteiger partial charge in [-0.3, -0.25) is 9.59 Å². The second-order valence-electron chi connectivity index (χ2n) is 4.96. The molecule has 0 saturated carbocycles. The molecule has 0 unspecified atom stereocenters. The van der Waals surface area contributed by atoms with Crippen LogP contribution in [-0.4, -0.2) is 28.4 Å². The lowest BCUT2D eigenvalue weighted by molar-refractivity contribution is -0.126. The molecule has 0 bridgehead atoms. The van der Waals surface area contributed by atoms with Crippen molar-refractivity contribution in [1.29, 1.82) is 5.26 Å². The van der Waals surface area contributed by atoms with E-state index in [2.05, 4.69) is 0 Å². The number of nitriles is 1. The highest BCUT2D eigenvalue weighted by Crippen LogP contribution is 2.34. The fourth-order valence-corrected chi connectivity index (χ4v) is 2.95. The molecule has 1 fully saturated rings. The standard InChI is InChI=1S/C13H18N2O2S/c1-8(2)5-11(16)10(6-14)13-15(9(3)4)12(17)7-18-13/h8-9H,5,7H2,1-4H3/b13-10-. The summed E-state index contributed by atoms with van der Waals surface area (Å²) in [6.07, 6.45) is 0.340. The van der Waals surface area contributed by atoms with Gasteiger partial charge in [0.25, 0.3) is 0 Å². The Bertz CT molecular complexity index is 433. The van der Waals surface area contributed by atoms with E-state index in [1.54, 1.807) is 4.90 Å². The van der Waals surface area contributed by atoms with E-state index in [1.807, 2.05) is 33.8 Å². The van der Waals surface area contributed by atoms with Crippen LogP contribution in [0.4, 0.5) is 0 Å². The second-order valence-corrected chi connectivity index (χ2v) is 5.92. The van der Waals surface area contributed by atoms with Crippen molar-refractivity contribution in [2.24, 2.45) is 5.92 Å². The van der Waals surface area contributed by atoms with Crippen molar-refractivity contribution in [1.82, 2.24) is 4.90 Å². The molecule has 0 aromatic heterocycles. The third-order valence-electron chi connectivity index (χ3n) is 2.53. The lowest BCUT2D eigenvalue weighted by atomic mass is 10.0. The summed E-state index contributed by atoms with van der Waals surface area (Å²) >= 11 is 1.29. The predicted octanol–water partition coefficient (Wildman–Crippen LogP) is 2.32.